The minimum Gasteiger partial charge on any atom is -0.356 e. The summed E-state index contributed by atoms with van der Waals surface area (Å²) in [7, 11) is 0. The Hall–Kier alpha value is -3.87. The standard InChI is InChI=1S/C33H38N4O3/c1-3-20(2)28(32(39)34-18-17-21-11-5-4-6-12-21)36-31(38)27-19-25-22-13-9-10-16-26(22)35-29(25)30-23-14-7-8-15-24(23)33(40)37(27)30/h7-11,13-16,20,27-28,30,35H,3-6,12,17-19H2,1-2H3,(H,34,39)(H,36,38)/t20-,27+,28+,30+/m1/s1. The predicted molar refractivity (Wildman–Crippen MR) is 156 cm³/mol. The molecule has 2 aromatic carbocycles. The number of carbonyl (C=O) groups excluding carboxylic acids is 3. The highest BCUT2D eigenvalue weighted by atomic mass is 16.2. The van der Waals surface area contributed by atoms with Crippen LogP contribution in [0.4, 0.5) is 0 Å². The average molecular weight is 539 g/mol. The van der Waals surface area contributed by atoms with Crippen LogP contribution in [0.25, 0.3) is 10.9 Å². The lowest BCUT2D eigenvalue weighted by Gasteiger charge is -2.38. The van der Waals surface area contributed by atoms with Gasteiger partial charge in [0, 0.05) is 35.1 Å². The summed E-state index contributed by atoms with van der Waals surface area (Å²) in [4.78, 5) is 46.4. The first-order chi connectivity index (χ1) is 19.5. The van der Waals surface area contributed by atoms with Crippen molar-refractivity contribution in [2.75, 3.05) is 6.54 Å². The number of aromatic nitrogens is 1. The van der Waals surface area contributed by atoms with Crippen LogP contribution in [0.2, 0.25) is 0 Å². The number of rotatable bonds is 8. The number of hydrogen-bond donors (Lipinski definition) is 3. The van der Waals surface area contributed by atoms with E-state index in [1.807, 2.05) is 56.3 Å². The number of allylic oxidation sites excluding steroid dienone is 1. The first-order valence-electron chi connectivity index (χ1n) is 14.7. The number of fused-ring (bicyclic) bond motifs is 7. The second kappa shape index (κ2) is 11.0. The second-order valence-corrected chi connectivity index (χ2v) is 11.5. The van der Waals surface area contributed by atoms with Crippen molar-refractivity contribution >= 4 is 28.6 Å². The van der Waals surface area contributed by atoms with Crippen molar-refractivity contribution in [2.24, 2.45) is 5.92 Å². The second-order valence-electron chi connectivity index (χ2n) is 11.5. The van der Waals surface area contributed by atoms with Gasteiger partial charge in [-0.1, -0.05) is 68.3 Å². The Bertz CT molecular complexity index is 1490. The lowest BCUT2D eigenvalue weighted by Crippen LogP contribution is -2.58. The Labute approximate surface area is 235 Å². The zero-order valence-electron chi connectivity index (χ0n) is 23.3. The SMILES string of the molecule is CC[C@@H](C)[C@H](NC(=O)[C@@H]1Cc2c([nH]c3ccccc23)[C@@H]2c3ccccc3C(=O)N21)C(=O)NCCC1=CCCCC1. The van der Waals surface area contributed by atoms with Crippen molar-refractivity contribution in [1.82, 2.24) is 20.5 Å². The molecule has 0 spiro atoms. The topological polar surface area (TPSA) is 94.3 Å². The van der Waals surface area contributed by atoms with E-state index < -0.39 is 12.1 Å². The molecule has 7 nitrogen and oxygen atoms in total. The number of nitrogens with one attached hydrogen (secondary N) is 3. The van der Waals surface area contributed by atoms with Gasteiger partial charge in [0.2, 0.25) is 11.8 Å². The number of H-pyrrole nitrogens is 1. The lowest BCUT2D eigenvalue weighted by atomic mass is 9.89. The molecule has 3 amide bonds. The molecular weight excluding hydrogens is 500 g/mol. The molecule has 208 valence electrons. The lowest BCUT2D eigenvalue weighted by molar-refractivity contribution is -0.133. The van der Waals surface area contributed by atoms with Gasteiger partial charge in [0.25, 0.3) is 5.91 Å². The maximum atomic E-state index is 14.1. The number of benzene rings is 2. The van der Waals surface area contributed by atoms with Crippen molar-refractivity contribution in [3.63, 3.8) is 0 Å². The Morgan fingerprint density at radius 3 is 2.70 bits per heavy atom. The van der Waals surface area contributed by atoms with Gasteiger partial charge in [-0.15, -0.1) is 0 Å². The van der Waals surface area contributed by atoms with Gasteiger partial charge in [0.05, 0.1) is 6.04 Å². The Kier molecular flexibility index (Phi) is 7.22. The quantitative estimate of drug-likeness (QED) is 0.345. The van der Waals surface area contributed by atoms with Crippen LogP contribution in [0, 0.1) is 5.92 Å². The summed E-state index contributed by atoms with van der Waals surface area (Å²) in [6.45, 7) is 4.59. The fourth-order valence-electron chi connectivity index (χ4n) is 6.68. The first-order valence-corrected chi connectivity index (χ1v) is 14.7. The van der Waals surface area contributed by atoms with Gasteiger partial charge < -0.3 is 20.5 Å². The van der Waals surface area contributed by atoms with Crippen molar-refractivity contribution in [1.29, 1.82) is 0 Å². The van der Waals surface area contributed by atoms with Crippen LogP contribution >= 0.6 is 0 Å². The summed E-state index contributed by atoms with van der Waals surface area (Å²) >= 11 is 0. The first kappa shape index (κ1) is 26.4. The highest BCUT2D eigenvalue weighted by Crippen LogP contribution is 2.46. The molecule has 3 aliphatic rings. The van der Waals surface area contributed by atoms with Gasteiger partial charge in [-0.05, 0) is 61.3 Å². The van der Waals surface area contributed by atoms with E-state index in [0.717, 1.165) is 53.4 Å². The van der Waals surface area contributed by atoms with E-state index in [1.54, 1.807) is 4.90 Å². The number of amides is 3. The van der Waals surface area contributed by atoms with Crippen LogP contribution in [0.5, 0.6) is 0 Å². The molecule has 0 saturated heterocycles. The Balaban J connectivity index is 1.27. The normalized spacial score (nSPS) is 21.2. The predicted octanol–water partition coefficient (Wildman–Crippen LogP) is 5.18. The largest absolute Gasteiger partial charge is 0.356 e. The van der Waals surface area contributed by atoms with Crippen LogP contribution in [0.15, 0.2) is 60.2 Å². The van der Waals surface area contributed by atoms with Crippen LogP contribution in [-0.4, -0.2) is 46.2 Å². The van der Waals surface area contributed by atoms with Crippen molar-refractivity contribution < 1.29 is 14.4 Å². The summed E-state index contributed by atoms with van der Waals surface area (Å²) in [6.07, 6.45) is 8.96. The molecular formula is C33H38N4O3. The highest BCUT2D eigenvalue weighted by Gasteiger charge is 2.49. The minimum atomic E-state index is -0.719. The summed E-state index contributed by atoms with van der Waals surface area (Å²) in [5, 5.41) is 7.23. The van der Waals surface area contributed by atoms with Crippen LogP contribution in [0.3, 0.4) is 0 Å². The van der Waals surface area contributed by atoms with Crippen molar-refractivity contribution in [3.8, 4) is 0 Å². The number of carbonyl (C=O) groups is 3. The molecule has 6 rings (SSSR count). The molecule has 3 N–H and O–H groups in total. The van der Waals surface area contributed by atoms with Crippen molar-refractivity contribution in [2.45, 2.75) is 76.9 Å². The van der Waals surface area contributed by atoms with Gasteiger partial charge in [0.15, 0.2) is 0 Å². The van der Waals surface area contributed by atoms with Gasteiger partial charge in [-0.25, -0.2) is 0 Å². The molecule has 0 unspecified atom stereocenters. The van der Waals surface area contributed by atoms with Gasteiger partial charge in [0.1, 0.15) is 12.1 Å². The number of hydrogen-bond acceptors (Lipinski definition) is 3. The summed E-state index contributed by atoms with van der Waals surface area (Å²) in [6, 6.07) is 13.9. The van der Waals surface area contributed by atoms with Crippen LogP contribution in [-0.2, 0) is 16.0 Å². The van der Waals surface area contributed by atoms with Crippen molar-refractivity contribution in [3.05, 3.63) is 82.6 Å². The molecule has 0 bridgehead atoms. The number of nitrogens with zero attached hydrogens (tertiary/aromatic N) is 1. The number of para-hydroxylation sites is 1. The fourth-order valence-corrected chi connectivity index (χ4v) is 6.68. The van der Waals surface area contributed by atoms with E-state index >= 15 is 0 Å². The average Bonchev–Trinajstić information content (AvgIpc) is 3.51. The third-order valence-electron chi connectivity index (χ3n) is 9.08. The molecule has 0 saturated carbocycles. The molecule has 3 heterocycles. The fraction of sp³-hybridized carbons (Fsp3) is 0.424. The van der Waals surface area contributed by atoms with E-state index in [4.69, 9.17) is 0 Å². The molecule has 40 heavy (non-hydrogen) atoms. The minimum absolute atomic E-state index is 0.0487. The van der Waals surface area contributed by atoms with E-state index in [1.165, 1.54) is 18.4 Å². The molecule has 0 radical (unpaired) electrons. The highest BCUT2D eigenvalue weighted by molar-refractivity contribution is 6.04. The summed E-state index contributed by atoms with van der Waals surface area (Å²) in [5.41, 5.74) is 5.97. The molecule has 1 aliphatic carbocycles. The van der Waals surface area contributed by atoms with Crippen LogP contribution < -0.4 is 10.6 Å². The molecule has 2 aliphatic heterocycles. The third-order valence-corrected chi connectivity index (χ3v) is 9.08. The zero-order valence-corrected chi connectivity index (χ0v) is 23.3. The van der Waals surface area contributed by atoms with Crippen LogP contribution in [0.1, 0.15) is 85.6 Å². The molecule has 4 atom stereocenters. The summed E-state index contributed by atoms with van der Waals surface area (Å²) in [5.74, 6) is -0.629. The molecule has 3 aromatic rings. The third kappa shape index (κ3) is 4.61. The monoisotopic (exact) mass is 538 g/mol. The Morgan fingerprint density at radius 2 is 1.90 bits per heavy atom. The molecule has 7 heteroatoms. The van der Waals surface area contributed by atoms with Gasteiger partial charge >= 0.3 is 0 Å². The summed E-state index contributed by atoms with van der Waals surface area (Å²) < 4.78 is 0. The van der Waals surface area contributed by atoms with Gasteiger partial charge in [-0.2, -0.15) is 0 Å². The molecule has 0 fully saturated rings. The van der Waals surface area contributed by atoms with E-state index in [2.05, 4.69) is 27.8 Å². The number of aromatic amines is 1. The van der Waals surface area contributed by atoms with E-state index in [0.29, 0.717) is 18.5 Å². The molecule has 1 aromatic heterocycles. The Morgan fingerprint density at radius 1 is 1.10 bits per heavy atom. The van der Waals surface area contributed by atoms with E-state index in [9.17, 15) is 14.4 Å². The maximum Gasteiger partial charge on any atom is 0.255 e. The smallest absolute Gasteiger partial charge is 0.255 e. The zero-order chi connectivity index (χ0) is 27.8. The maximum absolute atomic E-state index is 14.1. The van der Waals surface area contributed by atoms with Gasteiger partial charge in [-0.3, -0.25) is 14.4 Å². The van der Waals surface area contributed by atoms with E-state index in [-0.39, 0.29) is 29.7 Å².